The summed E-state index contributed by atoms with van der Waals surface area (Å²) < 4.78 is 51.9. The summed E-state index contributed by atoms with van der Waals surface area (Å²) in [5, 5.41) is 0. The molecule has 21 heavy (non-hydrogen) atoms. The van der Waals surface area contributed by atoms with Crippen LogP contribution < -0.4 is 0 Å². The summed E-state index contributed by atoms with van der Waals surface area (Å²) in [5.41, 5.74) is -0.768. The van der Waals surface area contributed by atoms with Crippen LogP contribution in [0, 0.1) is 12.7 Å². The average molecular weight is 361 g/mol. The molecule has 0 atom stereocenters. The fraction of sp³-hybridized carbons (Fsp3) is 0.133. The molecular weight excluding hydrogens is 352 g/mol. The fourth-order valence-electron chi connectivity index (χ4n) is 1.89. The van der Waals surface area contributed by atoms with Gasteiger partial charge in [-0.15, -0.1) is 0 Å². The SMILES string of the molecule is Cc1c(Br)cccc1C(=O)c1ccc(F)c(C(F)(F)F)c1. The van der Waals surface area contributed by atoms with Gasteiger partial charge in [-0.25, -0.2) is 4.39 Å². The molecule has 0 saturated heterocycles. The van der Waals surface area contributed by atoms with Crippen LogP contribution in [0.2, 0.25) is 0 Å². The molecule has 0 bridgehead atoms. The predicted octanol–water partition coefficient (Wildman–Crippen LogP) is 5.15. The highest BCUT2D eigenvalue weighted by atomic mass is 79.9. The van der Waals surface area contributed by atoms with Gasteiger partial charge >= 0.3 is 6.18 Å². The highest BCUT2D eigenvalue weighted by Crippen LogP contribution is 2.32. The highest BCUT2D eigenvalue weighted by molar-refractivity contribution is 9.10. The van der Waals surface area contributed by atoms with Crippen molar-refractivity contribution >= 4 is 21.7 Å². The zero-order chi connectivity index (χ0) is 15.8. The first kappa shape index (κ1) is 15.7. The molecule has 2 rings (SSSR count). The lowest BCUT2D eigenvalue weighted by molar-refractivity contribution is -0.140. The second-order valence-electron chi connectivity index (χ2n) is 4.43. The number of hydrogen-bond acceptors (Lipinski definition) is 1. The third-order valence-electron chi connectivity index (χ3n) is 3.05. The van der Waals surface area contributed by atoms with Crippen molar-refractivity contribution in [2.75, 3.05) is 0 Å². The second kappa shape index (κ2) is 5.60. The molecule has 0 N–H and O–H groups in total. The monoisotopic (exact) mass is 360 g/mol. The molecular formula is C15H9BrF4O. The Hall–Kier alpha value is -1.69. The lowest BCUT2D eigenvalue weighted by atomic mass is 9.97. The van der Waals surface area contributed by atoms with E-state index in [2.05, 4.69) is 15.9 Å². The van der Waals surface area contributed by atoms with Crippen molar-refractivity contribution in [3.05, 3.63) is 68.9 Å². The van der Waals surface area contributed by atoms with E-state index in [1.54, 1.807) is 19.1 Å². The van der Waals surface area contributed by atoms with Crippen molar-refractivity contribution in [2.45, 2.75) is 13.1 Å². The number of ketones is 1. The molecule has 6 heteroatoms. The smallest absolute Gasteiger partial charge is 0.289 e. The maximum atomic E-state index is 13.2. The molecule has 0 radical (unpaired) electrons. The lowest BCUT2D eigenvalue weighted by Gasteiger charge is -2.11. The van der Waals surface area contributed by atoms with E-state index in [-0.39, 0.29) is 11.1 Å². The number of rotatable bonds is 2. The van der Waals surface area contributed by atoms with Crippen molar-refractivity contribution < 1.29 is 22.4 Å². The van der Waals surface area contributed by atoms with Gasteiger partial charge in [-0.3, -0.25) is 4.79 Å². The van der Waals surface area contributed by atoms with Gasteiger partial charge in [0.1, 0.15) is 5.82 Å². The van der Waals surface area contributed by atoms with E-state index in [4.69, 9.17) is 0 Å². The first-order valence-corrected chi connectivity index (χ1v) is 6.67. The molecule has 0 aliphatic carbocycles. The van der Waals surface area contributed by atoms with Crippen LogP contribution in [-0.4, -0.2) is 5.78 Å². The average Bonchev–Trinajstić information content (AvgIpc) is 2.40. The van der Waals surface area contributed by atoms with Crippen molar-refractivity contribution in [1.29, 1.82) is 0 Å². The molecule has 0 aliphatic rings. The molecule has 0 saturated carbocycles. The van der Waals surface area contributed by atoms with Gasteiger partial charge < -0.3 is 0 Å². The van der Waals surface area contributed by atoms with Crippen molar-refractivity contribution in [1.82, 2.24) is 0 Å². The van der Waals surface area contributed by atoms with E-state index in [1.165, 1.54) is 6.07 Å². The Bertz CT molecular complexity index is 707. The van der Waals surface area contributed by atoms with Gasteiger partial charge in [0.2, 0.25) is 0 Å². The molecule has 0 unspecified atom stereocenters. The van der Waals surface area contributed by atoms with Gasteiger partial charge in [-0.1, -0.05) is 28.1 Å². The molecule has 0 aliphatic heterocycles. The van der Waals surface area contributed by atoms with E-state index in [9.17, 15) is 22.4 Å². The Morgan fingerprint density at radius 1 is 1.14 bits per heavy atom. The van der Waals surface area contributed by atoms with Crippen molar-refractivity contribution in [2.24, 2.45) is 0 Å². The summed E-state index contributed by atoms with van der Waals surface area (Å²) in [6.45, 7) is 1.67. The molecule has 2 aromatic rings. The van der Waals surface area contributed by atoms with Gasteiger partial charge in [0, 0.05) is 15.6 Å². The minimum Gasteiger partial charge on any atom is -0.289 e. The largest absolute Gasteiger partial charge is 0.419 e. The van der Waals surface area contributed by atoms with Crippen LogP contribution in [-0.2, 0) is 6.18 Å². The Morgan fingerprint density at radius 2 is 1.81 bits per heavy atom. The van der Waals surface area contributed by atoms with Crippen LogP contribution in [0.1, 0.15) is 27.0 Å². The molecule has 1 nitrogen and oxygen atoms in total. The predicted molar refractivity (Wildman–Crippen MR) is 73.7 cm³/mol. The summed E-state index contributed by atoms with van der Waals surface area (Å²) in [6.07, 6.45) is -4.84. The Kier molecular flexibility index (Phi) is 4.18. The van der Waals surface area contributed by atoms with E-state index >= 15 is 0 Å². The summed E-state index contributed by atoms with van der Waals surface area (Å²) in [4.78, 5) is 12.3. The van der Waals surface area contributed by atoms with Crippen LogP contribution in [0.5, 0.6) is 0 Å². The van der Waals surface area contributed by atoms with Gasteiger partial charge in [-0.2, -0.15) is 13.2 Å². The summed E-state index contributed by atoms with van der Waals surface area (Å²) in [6, 6.07) is 7.09. The maximum absolute atomic E-state index is 13.2. The summed E-state index contributed by atoms with van der Waals surface area (Å²) in [7, 11) is 0. The number of alkyl halides is 3. The number of carbonyl (C=O) groups excluding carboxylic acids is 1. The van der Waals surface area contributed by atoms with Crippen LogP contribution in [0.25, 0.3) is 0 Å². The van der Waals surface area contributed by atoms with Crippen LogP contribution in [0.15, 0.2) is 40.9 Å². The van der Waals surface area contributed by atoms with Gasteiger partial charge in [0.15, 0.2) is 5.78 Å². The third kappa shape index (κ3) is 3.15. The van der Waals surface area contributed by atoms with Crippen LogP contribution >= 0.6 is 15.9 Å². The number of benzene rings is 2. The minimum atomic E-state index is -4.84. The minimum absolute atomic E-state index is 0.204. The third-order valence-corrected chi connectivity index (χ3v) is 3.91. The number of halogens is 5. The molecule has 0 fully saturated rings. The second-order valence-corrected chi connectivity index (χ2v) is 5.29. The number of carbonyl (C=O) groups is 1. The molecule has 0 amide bonds. The zero-order valence-corrected chi connectivity index (χ0v) is 12.3. The summed E-state index contributed by atoms with van der Waals surface area (Å²) in [5.74, 6) is -1.98. The van der Waals surface area contributed by atoms with E-state index < -0.39 is 23.3 Å². The Morgan fingerprint density at radius 3 is 2.43 bits per heavy atom. The van der Waals surface area contributed by atoms with Crippen molar-refractivity contribution in [3.8, 4) is 0 Å². The molecule has 2 aromatic carbocycles. The van der Waals surface area contributed by atoms with Crippen LogP contribution in [0.4, 0.5) is 17.6 Å². The Balaban J connectivity index is 2.52. The normalized spacial score (nSPS) is 11.5. The summed E-state index contributed by atoms with van der Waals surface area (Å²) >= 11 is 3.25. The topological polar surface area (TPSA) is 17.1 Å². The van der Waals surface area contributed by atoms with Gasteiger partial charge in [0.05, 0.1) is 5.56 Å². The Labute approximate surface area is 126 Å². The first-order chi connectivity index (χ1) is 9.71. The standard InChI is InChI=1S/C15H9BrF4O/c1-8-10(3-2-4-12(8)16)14(21)9-5-6-13(17)11(7-9)15(18,19)20/h2-7H,1H3. The molecule has 0 aromatic heterocycles. The highest BCUT2D eigenvalue weighted by Gasteiger charge is 2.34. The molecule has 0 spiro atoms. The lowest BCUT2D eigenvalue weighted by Crippen LogP contribution is -2.11. The maximum Gasteiger partial charge on any atom is 0.419 e. The van der Waals surface area contributed by atoms with Crippen molar-refractivity contribution in [3.63, 3.8) is 0 Å². The number of hydrogen-bond donors (Lipinski definition) is 0. The van der Waals surface area contributed by atoms with Crippen LogP contribution in [0.3, 0.4) is 0 Å². The fourth-order valence-corrected chi connectivity index (χ4v) is 2.26. The quantitative estimate of drug-likeness (QED) is 0.534. The van der Waals surface area contributed by atoms with Gasteiger partial charge in [0.25, 0.3) is 0 Å². The first-order valence-electron chi connectivity index (χ1n) is 5.88. The van der Waals surface area contributed by atoms with E-state index in [1.807, 2.05) is 0 Å². The van der Waals surface area contributed by atoms with E-state index in [0.29, 0.717) is 22.2 Å². The molecule has 0 heterocycles. The molecule has 110 valence electrons. The van der Waals surface area contributed by atoms with E-state index in [0.717, 1.165) is 6.07 Å². The van der Waals surface area contributed by atoms with Gasteiger partial charge in [-0.05, 0) is 36.8 Å². The zero-order valence-electron chi connectivity index (χ0n) is 10.8.